The Morgan fingerprint density at radius 1 is 1.00 bits per heavy atom. The molecule has 0 aromatic heterocycles. The highest BCUT2D eigenvalue weighted by Gasteiger charge is 2.10. The third-order valence-electron chi connectivity index (χ3n) is 2.31. The Kier molecular flexibility index (Phi) is 10.4. The molecule has 19 heavy (non-hydrogen) atoms. The van der Waals surface area contributed by atoms with E-state index in [0.717, 1.165) is 6.08 Å². The van der Waals surface area contributed by atoms with Crippen LogP contribution in [-0.2, 0) is 23.7 Å². The second-order valence-electron chi connectivity index (χ2n) is 4.39. The average Bonchev–Trinajstić information content (AvgIpc) is 2.40. The van der Waals surface area contributed by atoms with Crippen molar-refractivity contribution in [3.05, 3.63) is 12.7 Å². The molecule has 0 radical (unpaired) electrons. The molecule has 0 aromatic carbocycles. The highest BCUT2D eigenvalue weighted by Crippen LogP contribution is 2.00. The maximum absolute atomic E-state index is 10.9. The van der Waals surface area contributed by atoms with Gasteiger partial charge in [0, 0.05) is 12.7 Å². The number of carbonyl (C=O) groups is 1. The summed E-state index contributed by atoms with van der Waals surface area (Å²) >= 11 is 0. The molecule has 0 saturated carbocycles. The van der Waals surface area contributed by atoms with Gasteiger partial charge in [-0.1, -0.05) is 6.58 Å². The van der Waals surface area contributed by atoms with Gasteiger partial charge in [0.15, 0.2) is 0 Å². The van der Waals surface area contributed by atoms with Gasteiger partial charge in [0.05, 0.1) is 31.5 Å². The third kappa shape index (κ3) is 10.7. The van der Waals surface area contributed by atoms with E-state index in [2.05, 4.69) is 6.58 Å². The van der Waals surface area contributed by atoms with E-state index >= 15 is 0 Å². The maximum atomic E-state index is 10.9. The monoisotopic (exact) mass is 274 g/mol. The van der Waals surface area contributed by atoms with Crippen molar-refractivity contribution in [2.75, 3.05) is 26.4 Å². The van der Waals surface area contributed by atoms with Crippen LogP contribution < -0.4 is 0 Å². The number of rotatable bonds is 11. The molecule has 3 unspecified atom stereocenters. The van der Waals surface area contributed by atoms with E-state index in [4.69, 9.17) is 18.9 Å². The van der Waals surface area contributed by atoms with Crippen LogP contribution in [-0.4, -0.2) is 50.7 Å². The predicted molar refractivity (Wildman–Crippen MR) is 73.1 cm³/mol. The lowest BCUT2D eigenvalue weighted by molar-refractivity contribution is -0.142. The van der Waals surface area contributed by atoms with Crippen molar-refractivity contribution < 1.29 is 23.7 Å². The van der Waals surface area contributed by atoms with Crippen LogP contribution in [0.2, 0.25) is 0 Å². The highest BCUT2D eigenvalue weighted by atomic mass is 16.6. The van der Waals surface area contributed by atoms with Crippen molar-refractivity contribution in [1.82, 2.24) is 0 Å². The van der Waals surface area contributed by atoms with Crippen molar-refractivity contribution in [3.8, 4) is 0 Å². The fourth-order valence-electron chi connectivity index (χ4n) is 1.29. The van der Waals surface area contributed by atoms with Gasteiger partial charge in [-0.15, -0.1) is 0 Å². The lowest BCUT2D eigenvalue weighted by Crippen LogP contribution is -2.27. The second-order valence-corrected chi connectivity index (χ2v) is 4.39. The Labute approximate surface area is 115 Å². The number of hydrogen-bond donors (Lipinski definition) is 0. The first-order chi connectivity index (χ1) is 8.99. The van der Waals surface area contributed by atoms with Gasteiger partial charge in [0.25, 0.3) is 0 Å². The summed E-state index contributed by atoms with van der Waals surface area (Å²) < 4.78 is 21.3. The number of ether oxygens (including phenoxy) is 4. The zero-order valence-electron chi connectivity index (χ0n) is 12.4. The largest absolute Gasteiger partial charge is 0.460 e. The van der Waals surface area contributed by atoms with E-state index in [9.17, 15) is 4.79 Å². The van der Waals surface area contributed by atoms with Crippen LogP contribution in [0.1, 0.15) is 27.7 Å². The molecule has 3 atom stereocenters. The standard InChI is InChI=1S/C14H26O5/c1-6-14(15)19-10-13(5)18-9-12(4)17-8-11(3)16-7-2/h6,11-13H,1,7-10H2,2-5H3. The van der Waals surface area contributed by atoms with Crippen molar-refractivity contribution in [2.45, 2.75) is 46.0 Å². The first-order valence-electron chi connectivity index (χ1n) is 6.63. The minimum Gasteiger partial charge on any atom is -0.460 e. The molecule has 0 saturated heterocycles. The molecule has 0 aliphatic rings. The Morgan fingerprint density at radius 2 is 1.47 bits per heavy atom. The molecule has 0 fully saturated rings. The lowest BCUT2D eigenvalue weighted by Gasteiger charge is -2.19. The molecular weight excluding hydrogens is 248 g/mol. The van der Waals surface area contributed by atoms with E-state index in [1.807, 2.05) is 27.7 Å². The SMILES string of the molecule is C=CC(=O)OCC(C)OCC(C)OCC(C)OCC. The summed E-state index contributed by atoms with van der Waals surface area (Å²) in [6.07, 6.45) is 1.02. The van der Waals surface area contributed by atoms with Gasteiger partial charge in [-0.05, 0) is 27.7 Å². The third-order valence-corrected chi connectivity index (χ3v) is 2.31. The Bertz CT molecular complexity index is 254. The molecule has 5 nitrogen and oxygen atoms in total. The molecule has 0 amide bonds. The number of esters is 1. The Hall–Kier alpha value is -0.910. The fourth-order valence-corrected chi connectivity index (χ4v) is 1.29. The Balaban J connectivity index is 3.62. The van der Waals surface area contributed by atoms with Crippen LogP contribution in [0.5, 0.6) is 0 Å². The van der Waals surface area contributed by atoms with E-state index in [1.165, 1.54) is 0 Å². The van der Waals surface area contributed by atoms with Crippen LogP contribution in [0, 0.1) is 0 Å². The van der Waals surface area contributed by atoms with Crippen LogP contribution in [0.15, 0.2) is 12.7 Å². The van der Waals surface area contributed by atoms with Crippen molar-refractivity contribution in [3.63, 3.8) is 0 Å². The summed E-state index contributed by atoms with van der Waals surface area (Å²) in [5.41, 5.74) is 0. The van der Waals surface area contributed by atoms with Gasteiger partial charge in [-0.25, -0.2) is 4.79 Å². The molecule has 112 valence electrons. The van der Waals surface area contributed by atoms with Gasteiger partial charge in [-0.2, -0.15) is 0 Å². The van der Waals surface area contributed by atoms with Crippen LogP contribution in [0.4, 0.5) is 0 Å². The molecule has 0 aliphatic heterocycles. The summed E-state index contributed by atoms with van der Waals surface area (Å²) in [7, 11) is 0. The smallest absolute Gasteiger partial charge is 0.330 e. The molecule has 0 heterocycles. The zero-order chi connectivity index (χ0) is 14.7. The molecule has 0 rings (SSSR count). The van der Waals surface area contributed by atoms with Gasteiger partial charge in [0.1, 0.15) is 6.61 Å². The summed E-state index contributed by atoms with van der Waals surface area (Å²) in [6, 6.07) is 0. The maximum Gasteiger partial charge on any atom is 0.330 e. The van der Waals surface area contributed by atoms with Crippen LogP contribution >= 0.6 is 0 Å². The van der Waals surface area contributed by atoms with Crippen molar-refractivity contribution >= 4 is 5.97 Å². The molecule has 0 N–H and O–H groups in total. The summed E-state index contributed by atoms with van der Waals surface area (Å²) in [6.45, 7) is 12.9. The highest BCUT2D eigenvalue weighted by molar-refractivity contribution is 5.81. The summed E-state index contributed by atoms with van der Waals surface area (Å²) in [5, 5.41) is 0. The fraction of sp³-hybridized carbons (Fsp3) is 0.786. The summed E-state index contributed by atoms with van der Waals surface area (Å²) in [5.74, 6) is -0.440. The van der Waals surface area contributed by atoms with E-state index in [-0.39, 0.29) is 24.9 Å². The van der Waals surface area contributed by atoms with E-state index < -0.39 is 5.97 Å². The first kappa shape index (κ1) is 18.1. The van der Waals surface area contributed by atoms with Crippen LogP contribution in [0.3, 0.4) is 0 Å². The van der Waals surface area contributed by atoms with E-state index in [0.29, 0.717) is 19.8 Å². The lowest BCUT2D eigenvalue weighted by atomic mass is 10.4. The quantitative estimate of drug-likeness (QED) is 0.426. The second kappa shape index (κ2) is 11.0. The average molecular weight is 274 g/mol. The zero-order valence-corrected chi connectivity index (χ0v) is 12.4. The number of carbonyl (C=O) groups excluding carboxylic acids is 1. The molecule has 0 aromatic rings. The van der Waals surface area contributed by atoms with Gasteiger partial charge in [0.2, 0.25) is 0 Å². The summed E-state index contributed by atoms with van der Waals surface area (Å²) in [4.78, 5) is 10.9. The first-order valence-corrected chi connectivity index (χ1v) is 6.63. The Morgan fingerprint density at radius 3 is 1.95 bits per heavy atom. The van der Waals surface area contributed by atoms with Crippen molar-refractivity contribution in [2.24, 2.45) is 0 Å². The van der Waals surface area contributed by atoms with Gasteiger partial charge < -0.3 is 18.9 Å². The predicted octanol–water partition coefficient (Wildman–Crippen LogP) is 1.95. The van der Waals surface area contributed by atoms with E-state index in [1.54, 1.807) is 0 Å². The topological polar surface area (TPSA) is 54.0 Å². The molecule has 0 aliphatic carbocycles. The minimum absolute atomic E-state index is 0.0274. The number of hydrogen-bond acceptors (Lipinski definition) is 5. The molecule has 0 spiro atoms. The van der Waals surface area contributed by atoms with Crippen molar-refractivity contribution in [1.29, 1.82) is 0 Å². The molecule has 0 bridgehead atoms. The normalized spacial score (nSPS) is 15.6. The minimum atomic E-state index is -0.440. The van der Waals surface area contributed by atoms with Gasteiger partial charge >= 0.3 is 5.97 Å². The molecular formula is C14H26O5. The van der Waals surface area contributed by atoms with Crippen LogP contribution in [0.25, 0.3) is 0 Å². The molecule has 5 heteroatoms. The van der Waals surface area contributed by atoms with Gasteiger partial charge in [-0.3, -0.25) is 0 Å².